The molecule has 0 amide bonds. The van der Waals surface area contributed by atoms with E-state index < -0.39 is 0 Å². The van der Waals surface area contributed by atoms with Crippen LogP contribution in [0.25, 0.3) is 0 Å². The van der Waals surface area contributed by atoms with E-state index in [1.807, 2.05) is 7.05 Å². The molecule has 2 heterocycles. The van der Waals surface area contributed by atoms with E-state index in [9.17, 15) is 0 Å². The van der Waals surface area contributed by atoms with Gasteiger partial charge in [-0.1, -0.05) is 20.3 Å². The standard InChI is InChI=1S/C16H29N5/c1-5-8-14-15(17-3)18-12-19-16(14)21-10-7-9-20(4)11-13(21)6-2/h12-13H,5-11H2,1-4H3,(H,17,18,19). The molecule has 1 aliphatic rings. The lowest BCUT2D eigenvalue weighted by molar-refractivity contribution is 0.327. The molecule has 21 heavy (non-hydrogen) atoms. The van der Waals surface area contributed by atoms with E-state index in [2.05, 4.69) is 46.0 Å². The smallest absolute Gasteiger partial charge is 0.137 e. The molecule has 1 fully saturated rings. The van der Waals surface area contributed by atoms with Crippen LogP contribution in [0.2, 0.25) is 0 Å². The molecule has 1 aromatic heterocycles. The summed E-state index contributed by atoms with van der Waals surface area (Å²) < 4.78 is 0. The van der Waals surface area contributed by atoms with Crippen molar-refractivity contribution in [1.29, 1.82) is 0 Å². The summed E-state index contributed by atoms with van der Waals surface area (Å²) in [6.07, 6.45) is 6.17. The van der Waals surface area contributed by atoms with Gasteiger partial charge in [-0.2, -0.15) is 0 Å². The van der Waals surface area contributed by atoms with Crippen molar-refractivity contribution in [3.63, 3.8) is 0 Å². The first-order valence-corrected chi connectivity index (χ1v) is 8.18. The van der Waals surface area contributed by atoms with E-state index in [-0.39, 0.29) is 0 Å². The molecule has 5 heteroatoms. The lowest BCUT2D eigenvalue weighted by Crippen LogP contribution is -2.41. The number of nitrogens with zero attached hydrogens (tertiary/aromatic N) is 4. The number of likely N-dealkylation sites (N-methyl/N-ethyl adjacent to an activating group) is 1. The van der Waals surface area contributed by atoms with Crippen LogP contribution in [0.3, 0.4) is 0 Å². The summed E-state index contributed by atoms with van der Waals surface area (Å²) in [7, 11) is 4.16. The lowest BCUT2D eigenvalue weighted by atomic mass is 10.1. The minimum absolute atomic E-state index is 0.535. The van der Waals surface area contributed by atoms with Crippen molar-refractivity contribution in [1.82, 2.24) is 14.9 Å². The third-order valence-electron chi connectivity index (χ3n) is 4.30. The minimum atomic E-state index is 0.535. The topological polar surface area (TPSA) is 44.3 Å². The molecular weight excluding hydrogens is 262 g/mol. The molecule has 1 aromatic rings. The molecule has 2 rings (SSSR count). The molecule has 0 aromatic carbocycles. The van der Waals surface area contributed by atoms with Crippen molar-refractivity contribution in [3.05, 3.63) is 11.9 Å². The zero-order valence-corrected chi connectivity index (χ0v) is 13.9. The Kier molecular flexibility index (Phi) is 5.79. The Morgan fingerprint density at radius 3 is 2.76 bits per heavy atom. The first-order chi connectivity index (χ1) is 10.2. The highest BCUT2D eigenvalue weighted by atomic mass is 15.3. The predicted molar refractivity (Wildman–Crippen MR) is 89.1 cm³/mol. The maximum atomic E-state index is 4.65. The van der Waals surface area contributed by atoms with Gasteiger partial charge in [0.25, 0.3) is 0 Å². The molecule has 0 bridgehead atoms. The Bertz CT molecular complexity index is 448. The molecule has 0 saturated carbocycles. The molecule has 1 atom stereocenters. The van der Waals surface area contributed by atoms with E-state index in [1.54, 1.807) is 6.33 Å². The summed E-state index contributed by atoms with van der Waals surface area (Å²) in [4.78, 5) is 14.0. The van der Waals surface area contributed by atoms with E-state index in [4.69, 9.17) is 0 Å². The van der Waals surface area contributed by atoms with Crippen molar-refractivity contribution < 1.29 is 0 Å². The zero-order valence-electron chi connectivity index (χ0n) is 13.9. The van der Waals surface area contributed by atoms with Gasteiger partial charge in [0.1, 0.15) is 18.0 Å². The highest BCUT2D eigenvalue weighted by Gasteiger charge is 2.25. The average Bonchev–Trinajstić information content (AvgIpc) is 2.69. The van der Waals surface area contributed by atoms with Crippen LogP contribution in [0.1, 0.15) is 38.7 Å². The average molecular weight is 291 g/mol. The molecule has 5 nitrogen and oxygen atoms in total. The third kappa shape index (κ3) is 3.64. The van der Waals surface area contributed by atoms with Crippen molar-refractivity contribution in [2.24, 2.45) is 0 Å². The van der Waals surface area contributed by atoms with Crippen molar-refractivity contribution in [3.8, 4) is 0 Å². The van der Waals surface area contributed by atoms with Gasteiger partial charge in [-0.05, 0) is 32.9 Å². The van der Waals surface area contributed by atoms with Gasteiger partial charge >= 0.3 is 0 Å². The fourth-order valence-corrected chi connectivity index (χ4v) is 3.22. The summed E-state index contributed by atoms with van der Waals surface area (Å²) in [6, 6.07) is 0.535. The Balaban J connectivity index is 2.38. The number of hydrogen-bond acceptors (Lipinski definition) is 5. The van der Waals surface area contributed by atoms with Crippen LogP contribution in [-0.2, 0) is 6.42 Å². The Hall–Kier alpha value is -1.36. The fraction of sp³-hybridized carbons (Fsp3) is 0.750. The second-order valence-corrected chi connectivity index (χ2v) is 5.90. The summed E-state index contributed by atoms with van der Waals surface area (Å²) in [6.45, 7) is 7.85. The van der Waals surface area contributed by atoms with Gasteiger partial charge in [0, 0.05) is 31.7 Å². The molecule has 1 unspecified atom stereocenters. The van der Waals surface area contributed by atoms with Gasteiger partial charge < -0.3 is 15.1 Å². The molecule has 1 saturated heterocycles. The lowest BCUT2D eigenvalue weighted by Gasteiger charge is -2.33. The van der Waals surface area contributed by atoms with E-state index >= 15 is 0 Å². The van der Waals surface area contributed by atoms with Crippen LogP contribution >= 0.6 is 0 Å². The second kappa shape index (κ2) is 7.59. The van der Waals surface area contributed by atoms with Crippen LogP contribution in [0.15, 0.2) is 6.33 Å². The van der Waals surface area contributed by atoms with Crippen molar-refractivity contribution in [2.45, 2.75) is 45.6 Å². The predicted octanol–water partition coefficient (Wildman–Crippen LogP) is 2.39. The van der Waals surface area contributed by atoms with Gasteiger partial charge in [0.2, 0.25) is 0 Å². The normalized spacial score (nSPS) is 20.4. The van der Waals surface area contributed by atoms with Gasteiger partial charge in [-0.3, -0.25) is 0 Å². The first kappa shape index (κ1) is 16.0. The van der Waals surface area contributed by atoms with Crippen LogP contribution in [-0.4, -0.2) is 54.6 Å². The Labute approximate surface area is 128 Å². The molecule has 0 spiro atoms. The van der Waals surface area contributed by atoms with Crippen LogP contribution in [0.5, 0.6) is 0 Å². The summed E-state index contributed by atoms with van der Waals surface area (Å²) in [5, 5.41) is 3.23. The van der Waals surface area contributed by atoms with Crippen molar-refractivity contribution in [2.75, 3.05) is 43.9 Å². The van der Waals surface area contributed by atoms with Gasteiger partial charge in [-0.25, -0.2) is 9.97 Å². The summed E-state index contributed by atoms with van der Waals surface area (Å²) in [5.74, 6) is 2.12. The van der Waals surface area contributed by atoms with Gasteiger partial charge in [-0.15, -0.1) is 0 Å². The van der Waals surface area contributed by atoms with E-state index in [0.29, 0.717) is 6.04 Å². The maximum Gasteiger partial charge on any atom is 0.137 e. The number of anilines is 2. The minimum Gasteiger partial charge on any atom is -0.373 e. The summed E-state index contributed by atoms with van der Waals surface area (Å²) >= 11 is 0. The number of aromatic nitrogens is 2. The van der Waals surface area contributed by atoms with E-state index in [1.165, 1.54) is 18.5 Å². The SMILES string of the molecule is CCCc1c(NC)ncnc1N1CCCN(C)CC1CC. The van der Waals surface area contributed by atoms with Crippen LogP contribution in [0, 0.1) is 0 Å². The molecule has 0 radical (unpaired) electrons. The third-order valence-corrected chi connectivity index (χ3v) is 4.30. The number of nitrogens with one attached hydrogen (secondary N) is 1. The van der Waals surface area contributed by atoms with Gasteiger partial charge in [0.15, 0.2) is 0 Å². The monoisotopic (exact) mass is 291 g/mol. The second-order valence-electron chi connectivity index (χ2n) is 5.90. The quantitative estimate of drug-likeness (QED) is 0.902. The Morgan fingerprint density at radius 1 is 1.29 bits per heavy atom. The van der Waals surface area contributed by atoms with E-state index in [0.717, 1.165) is 44.0 Å². The first-order valence-electron chi connectivity index (χ1n) is 8.18. The van der Waals surface area contributed by atoms with Gasteiger partial charge in [0.05, 0.1) is 0 Å². The highest BCUT2D eigenvalue weighted by molar-refractivity contribution is 5.59. The largest absolute Gasteiger partial charge is 0.373 e. The fourth-order valence-electron chi connectivity index (χ4n) is 3.22. The molecular formula is C16H29N5. The molecule has 1 N–H and O–H groups in total. The number of rotatable bonds is 5. The zero-order chi connectivity index (χ0) is 15.2. The maximum absolute atomic E-state index is 4.65. The highest BCUT2D eigenvalue weighted by Crippen LogP contribution is 2.28. The van der Waals surface area contributed by atoms with Crippen molar-refractivity contribution >= 4 is 11.6 Å². The van der Waals surface area contributed by atoms with Crippen LogP contribution < -0.4 is 10.2 Å². The summed E-state index contributed by atoms with van der Waals surface area (Å²) in [5.41, 5.74) is 1.27. The molecule has 1 aliphatic heterocycles. The molecule has 118 valence electrons. The Morgan fingerprint density at radius 2 is 2.10 bits per heavy atom. The number of hydrogen-bond donors (Lipinski definition) is 1. The molecule has 0 aliphatic carbocycles. The van der Waals surface area contributed by atoms with Crippen LogP contribution in [0.4, 0.5) is 11.6 Å².